The Bertz CT molecular complexity index is 139. The molecule has 0 amide bonds. The van der Waals surface area contributed by atoms with Gasteiger partial charge in [-0.1, -0.05) is 6.92 Å². The molecule has 0 aromatic heterocycles. The van der Waals surface area contributed by atoms with E-state index in [4.69, 9.17) is 9.53 Å². The molecule has 1 N–H and O–H groups in total. The third-order valence-electron chi connectivity index (χ3n) is 1.07. The Morgan fingerprint density at radius 1 is 1.55 bits per heavy atom. The molecular formula is C7H16O3Si. The number of aliphatic hydroxyl groups is 1. The second kappa shape index (κ2) is 3.87. The van der Waals surface area contributed by atoms with Crippen LogP contribution < -0.4 is 0 Å². The summed E-state index contributed by atoms with van der Waals surface area (Å²) in [7, 11) is -1.81. The average molecular weight is 176 g/mol. The van der Waals surface area contributed by atoms with E-state index in [1.807, 2.05) is 19.6 Å². The average Bonchev–Trinajstić information content (AvgIpc) is 1.82. The Morgan fingerprint density at radius 3 is 2.27 bits per heavy atom. The largest absolute Gasteiger partial charge is 0.518 e. The highest BCUT2D eigenvalue weighted by atomic mass is 28.4. The molecular weight excluding hydrogens is 160 g/mol. The molecule has 0 saturated carbocycles. The monoisotopic (exact) mass is 176 g/mol. The minimum absolute atomic E-state index is 0.420. The van der Waals surface area contributed by atoms with Gasteiger partial charge in [-0.3, -0.25) is 4.79 Å². The normalized spacial score (nSPS) is 14.3. The fourth-order valence-electron chi connectivity index (χ4n) is 0.536. The lowest BCUT2D eigenvalue weighted by molar-refractivity contribution is -0.144. The van der Waals surface area contributed by atoms with Gasteiger partial charge in [0.25, 0.3) is 0 Å². The summed E-state index contributed by atoms with van der Waals surface area (Å²) in [6.45, 7) is 7.48. The van der Waals surface area contributed by atoms with Crippen molar-refractivity contribution in [2.24, 2.45) is 0 Å². The second-order valence-corrected chi connectivity index (χ2v) is 7.89. The minimum atomic E-state index is -1.81. The zero-order valence-corrected chi connectivity index (χ0v) is 8.55. The van der Waals surface area contributed by atoms with Crippen LogP contribution in [0.15, 0.2) is 0 Å². The number of hydrogen-bond donors (Lipinski definition) is 1. The highest BCUT2D eigenvalue weighted by Gasteiger charge is 2.23. The van der Waals surface area contributed by atoms with Crippen LogP contribution >= 0.6 is 0 Å². The quantitative estimate of drug-likeness (QED) is 0.656. The zero-order chi connectivity index (χ0) is 9.07. The van der Waals surface area contributed by atoms with Crippen LogP contribution in [-0.2, 0) is 9.22 Å². The lowest BCUT2D eigenvalue weighted by Crippen LogP contribution is -2.34. The maximum Gasteiger partial charge on any atom is 0.321 e. The molecule has 0 rings (SSSR count). The SMILES string of the molecule is CCC(O)C(=O)O[Si](C)(C)C. The van der Waals surface area contributed by atoms with Crippen molar-refractivity contribution < 1.29 is 14.3 Å². The van der Waals surface area contributed by atoms with Crippen molar-refractivity contribution in [3.63, 3.8) is 0 Å². The van der Waals surface area contributed by atoms with E-state index >= 15 is 0 Å². The number of carbonyl (C=O) groups is 1. The van der Waals surface area contributed by atoms with E-state index in [-0.39, 0.29) is 0 Å². The molecule has 0 radical (unpaired) electrons. The van der Waals surface area contributed by atoms with Crippen molar-refractivity contribution in [1.82, 2.24) is 0 Å². The Labute approximate surface area is 68.5 Å². The smallest absolute Gasteiger partial charge is 0.321 e. The van der Waals surface area contributed by atoms with Crippen molar-refractivity contribution >= 4 is 14.3 Å². The summed E-state index contributed by atoms with van der Waals surface area (Å²) in [6.07, 6.45) is -0.523. The molecule has 0 aliphatic carbocycles. The van der Waals surface area contributed by atoms with E-state index in [1.54, 1.807) is 6.92 Å². The molecule has 1 atom stereocenters. The van der Waals surface area contributed by atoms with Crippen molar-refractivity contribution in [3.05, 3.63) is 0 Å². The summed E-state index contributed by atoms with van der Waals surface area (Å²) in [5.74, 6) is -0.480. The summed E-state index contributed by atoms with van der Waals surface area (Å²) < 4.78 is 5.04. The van der Waals surface area contributed by atoms with E-state index in [0.29, 0.717) is 6.42 Å². The molecule has 1 unspecified atom stereocenters. The van der Waals surface area contributed by atoms with Crippen molar-refractivity contribution in [2.75, 3.05) is 0 Å². The predicted octanol–water partition coefficient (Wildman–Crippen LogP) is 1.14. The molecule has 0 saturated heterocycles. The summed E-state index contributed by atoms with van der Waals surface area (Å²) in [6, 6.07) is 0. The molecule has 66 valence electrons. The van der Waals surface area contributed by atoms with Crippen LogP contribution in [0.3, 0.4) is 0 Å². The van der Waals surface area contributed by atoms with Gasteiger partial charge in [-0.05, 0) is 26.1 Å². The van der Waals surface area contributed by atoms with Gasteiger partial charge in [-0.25, -0.2) is 0 Å². The number of rotatable bonds is 3. The molecule has 0 aliphatic rings. The maximum absolute atomic E-state index is 11.0. The van der Waals surface area contributed by atoms with Gasteiger partial charge in [0.2, 0.25) is 8.32 Å². The zero-order valence-electron chi connectivity index (χ0n) is 7.55. The van der Waals surface area contributed by atoms with Gasteiger partial charge in [-0.2, -0.15) is 0 Å². The van der Waals surface area contributed by atoms with E-state index in [0.717, 1.165) is 0 Å². The van der Waals surface area contributed by atoms with Crippen LogP contribution in [0.4, 0.5) is 0 Å². The highest BCUT2D eigenvalue weighted by molar-refractivity contribution is 6.71. The first-order chi connectivity index (χ1) is 4.87. The first-order valence-electron chi connectivity index (χ1n) is 3.77. The Morgan fingerprint density at radius 2 is 2.00 bits per heavy atom. The molecule has 0 aromatic rings. The molecule has 0 aromatic carbocycles. The molecule has 0 spiro atoms. The standard InChI is InChI=1S/C7H16O3Si/c1-5-6(8)7(9)10-11(2,3)4/h6,8H,5H2,1-4H3. The number of carbonyl (C=O) groups excluding carboxylic acids is 1. The number of hydrogen-bond acceptors (Lipinski definition) is 3. The molecule has 0 heterocycles. The van der Waals surface area contributed by atoms with Gasteiger partial charge in [0.15, 0.2) is 0 Å². The first-order valence-corrected chi connectivity index (χ1v) is 7.18. The molecule has 3 nitrogen and oxygen atoms in total. The van der Waals surface area contributed by atoms with Crippen LogP contribution in [0.5, 0.6) is 0 Å². The Balaban J connectivity index is 3.88. The fraction of sp³-hybridized carbons (Fsp3) is 0.857. The lowest BCUT2D eigenvalue weighted by atomic mass is 10.3. The van der Waals surface area contributed by atoms with Crippen molar-refractivity contribution in [3.8, 4) is 0 Å². The van der Waals surface area contributed by atoms with Crippen LogP contribution in [-0.4, -0.2) is 25.5 Å². The maximum atomic E-state index is 11.0. The van der Waals surface area contributed by atoms with Gasteiger partial charge in [0.1, 0.15) is 6.10 Å². The van der Waals surface area contributed by atoms with E-state index in [1.165, 1.54) is 0 Å². The fourth-order valence-corrected chi connectivity index (χ4v) is 1.28. The Hall–Kier alpha value is -0.353. The molecule has 0 bridgehead atoms. The van der Waals surface area contributed by atoms with Gasteiger partial charge in [0.05, 0.1) is 0 Å². The topological polar surface area (TPSA) is 46.5 Å². The van der Waals surface area contributed by atoms with E-state index in [2.05, 4.69) is 0 Å². The number of aliphatic hydroxyl groups excluding tert-OH is 1. The van der Waals surface area contributed by atoms with Crippen LogP contribution in [0, 0.1) is 0 Å². The lowest BCUT2D eigenvalue weighted by Gasteiger charge is -2.19. The van der Waals surface area contributed by atoms with Gasteiger partial charge in [-0.15, -0.1) is 0 Å². The van der Waals surface area contributed by atoms with E-state index in [9.17, 15) is 4.79 Å². The van der Waals surface area contributed by atoms with Gasteiger partial charge < -0.3 is 9.53 Å². The van der Waals surface area contributed by atoms with Crippen LogP contribution in [0.1, 0.15) is 13.3 Å². The first kappa shape index (κ1) is 10.6. The third-order valence-corrected chi connectivity index (χ3v) is 1.88. The van der Waals surface area contributed by atoms with Crippen LogP contribution in [0.25, 0.3) is 0 Å². The summed E-state index contributed by atoms with van der Waals surface area (Å²) in [5, 5.41) is 9.04. The predicted molar refractivity (Wildman–Crippen MR) is 45.7 cm³/mol. The molecule has 0 fully saturated rings. The second-order valence-electron chi connectivity index (χ2n) is 3.46. The molecule has 11 heavy (non-hydrogen) atoms. The van der Waals surface area contributed by atoms with Crippen molar-refractivity contribution in [1.29, 1.82) is 0 Å². The minimum Gasteiger partial charge on any atom is -0.518 e. The summed E-state index contributed by atoms with van der Waals surface area (Å²) >= 11 is 0. The van der Waals surface area contributed by atoms with Crippen LogP contribution in [0.2, 0.25) is 19.6 Å². The third kappa shape index (κ3) is 4.98. The van der Waals surface area contributed by atoms with Gasteiger partial charge >= 0.3 is 5.97 Å². The van der Waals surface area contributed by atoms with Crippen molar-refractivity contribution in [2.45, 2.75) is 39.1 Å². The van der Waals surface area contributed by atoms with Gasteiger partial charge in [0, 0.05) is 0 Å². The molecule has 4 heteroatoms. The molecule has 0 aliphatic heterocycles. The highest BCUT2D eigenvalue weighted by Crippen LogP contribution is 2.05. The summed E-state index contributed by atoms with van der Waals surface area (Å²) in [5.41, 5.74) is 0. The summed E-state index contributed by atoms with van der Waals surface area (Å²) in [4.78, 5) is 11.0. The van der Waals surface area contributed by atoms with E-state index < -0.39 is 20.4 Å². The Kier molecular flexibility index (Phi) is 3.75.